The molecule has 6 nitrogen and oxygen atoms in total. The Morgan fingerprint density at radius 2 is 1.78 bits per heavy atom. The summed E-state index contributed by atoms with van der Waals surface area (Å²) in [6, 6.07) is 16.4. The summed E-state index contributed by atoms with van der Waals surface area (Å²) in [5.41, 5.74) is 1.11. The maximum Gasteiger partial charge on any atom is 0.193 e. The molecule has 1 N–H and O–H groups in total. The first kappa shape index (κ1) is 20.8. The Morgan fingerprint density at radius 3 is 2.37 bits per heavy atom. The van der Waals surface area contributed by atoms with Crippen molar-refractivity contribution in [1.29, 1.82) is 0 Å². The van der Waals surface area contributed by atoms with E-state index < -0.39 is 9.84 Å². The normalized spacial score (nSPS) is 11.9. The van der Waals surface area contributed by atoms with Crippen LogP contribution in [0.1, 0.15) is 12.5 Å². The summed E-state index contributed by atoms with van der Waals surface area (Å²) in [5, 5.41) is 3.12. The zero-order valence-corrected chi connectivity index (χ0v) is 16.9. The van der Waals surface area contributed by atoms with Gasteiger partial charge in [0.25, 0.3) is 0 Å². The van der Waals surface area contributed by atoms with Gasteiger partial charge in [-0.3, -0.25) is 4.99 Å². The van der Waals surface area contributed by atoms with Gasteiger partial charge in [0.15, 0.2) is 15.8 Å². The topological polar surface area (TPSA) is 71.0 Å². The van der Waals surface area contributed by atoms with E-state index in [1.54, 1.807) is 37.4 Å². The van der Waals surface area contributed by atoms with Crippen molar-refractivity contribution in [2.45, 2.75) is 18.4 Å². The van der Waals surface area contributed by atoms with Gasteiger partial charge in [0.05, 0.1) is 17.3 Å². The highest BCUT2D eigenvalue weighted by Crippen LogP contribution is 2.13. The highest BCUT2D eigenvalue weighted by atomic mass is 32.2. The number of benzene rings is 2. The average Bonchev–Trinajstić information content (AvgIpc) is 2.67. The van der Waals surface area contributed by atoms with Gasteiger partial charge in [-0.25, -0.2) is 8.42 Å². The number of nitrogens with one attached hydrogen (secondary N) is 1. The number of rotatable bonds is 8. The van der Waals surface area contributed by atoms with E-state index in [0.717, 1.165) is 11.3 Å². The average molecular weight is 390 g/mol. The zero-order chi connectivity index (χ0) is 19.7. The van der Waals surface area contributed by atoms with Crippen LogP contribution in [0.25, 0.3) is 0 Å². The van der Waals surface area contributed by atoms with Gasteiger partial charge in [-0.1, -0.05) is 30.3 Å². The van der Waals surface area contributed by atoms with E-state index in [-0.39, 0.29) is 12.3 Å². The summed E-state index contributed by atoms with van der Waals surface area (Å²) in [7, 11) is 0.288. The lowest BCUT2D eigenvalue weighted by Crippen LogP contribution is -2.40. The molecule has 0 saturated heterocycles. The Kier molecular flexibility index (Phi) is 7.67. The third kappa shape index (κ3) is 6.29. The summed E-state index contributed by atoms with van der Waals surface area (Å²) in [6.45, 7) is 3.53. The lowest BCUT2D eigenvalue weighted by Gasteiger charge is -2.22. The molecule has 0 spiro atoms. The quantitative estimate of drug-likeness (QED) is 0.555. The lowest BCUT2D eigenvalue weighted by atomic mass is 10.2. The monoisotopic (exact) mass is 389 g/mol. The smallest absolute Gasteiger partial charge is 0.193 e. The maximum absolute atomic E-state index is 12.3. The van der Waals surface area contributed by atoms with Crippen molar-refractivity contribution in [2.75, 3.05) is 33.0 Å². The van der Waals surface area contributed by atoms with Gasteiger partial charge in [-0.15, -0.1) is 0 Å². The van der Waals surface area contributed by atoms with Crippen LogP contribution in [0.2, 0.25) is 0 Å². The van der Waals surface area contributed by atoms with E-state index >= 15 is 0 Å². The molecule has 0 fully saturated rings. The summed E-state index contributed by atoms with van der Waals surface area (Å²) in [4.78, 5) is 6.52. The fourth-order valence-electron chi connectivity index (χ4n) is 2.63. The molecule has 0 aliphatic carbocycles. The minimum atomic E-state index is -3.31. The Bertz CT molecular complexity index is 835. The van der Waals surface area contributed by atoms with Gasteiger partial charge in [0.2, 0.25) is 0 Å². The van der Waals surface area contributed by atoms with Crippen molar-refractivity contribution in [3.63, 3.8) is 0 Å². The third-order valence-corrected chi connectivity index (χ3v) is 5.72. The second kappa shape index (κ2) is 9.97. The predicted octanol–water partition coefficient (Wildman–Crippen LogP) is 2.57. The SMILES string of the molecule is CCOc1ccc(CN(C)C(=NC)NCCS(=O)(=O)c2ccccc2)cc1. The first-order valence-electron chi connectivity index (χ1n) is 8.87. The zero-order valence-electron chi connectivity index (χ0n) is 16.1. The maximum atomic E-state index is 12.3. The van der Waals surface area contributed by atoms with Gasteiger partial charge < -0.3 is 15.0 Å². The molecule has 7 heteroatoms. The van der Waals surface area contributed by atoms with Crippen LogP contribution in [0, 0.1) is 0 Å². The van der Waals surface area contributed by atoms with Gasteiger partial charge in [-0.05, 0) is 36.8 Å². The summed E-state index contributed by atoms with van der Waals surface area (Å²) in [6.07, 6.45) is 0. The van der Waals surface area contributed by atoms with E-state index in [1.165, 1.54) is 0 Å². The first-order chi connectivity index (χ1) is 13.0. The molecule has 0 radical (unpaired) electrons. The van der Waals surface area contributed by atoms with Gasteiger partial charge >= 0.3 is 0 Å². The Hall–Kier alpha value is -2.54. The fraction of sp³-hybridized carbons (Fsp3) is 0.350. The summed E-state index contributed by atoms with van der Waals surface area (Å²) >= 11 is 0. The molecule has 2 aromatic rings. The first-order valence-corrected chi connectivity index (χ1v) is 10.5. The lowest BCUT2D eigenvalue weighted by molar-refractivity contribution is 0.340. The van der Waals surface area contributed by atoms with Crippen LogP contribution in [0.15, 0.2) is 64.5 Å². The molecule has 2 aromatic carbocycles. The van der Waals surface area contributed by atoms with Gasteiger partial charge in [0, 0.05) is 27.2 Å². The van der Waals surface area contributed by atoms with Crippen molar-refractivity contribution in [3.05, 3.63) is 60.2 Å². The molecular formula is C20H27N3O3S. The van der Waals surface area contributed by atoms with Crippen LogP contribution in [0.5, 0.6) is 5.75 Å². The number of guanidine groups is 1. The minimum absolute atomic E-state index is 0.00687. The van der Waals surface area contributed by atoms with Crippen LogP contribution in [0.3, 0.4) is 0 Å². The van der Waals surface area contributed by atoms with Crippen molar-refractivity contribution < 1.29 is 13.2 Å². The number of ether oxygens (including phenoxy) is 1. The molecule has 0 amide bonds. The van der Waals surface area contributed by atoms with E-state index in [0.29, 0.717) is 24.0 Å². The van der Waals surface area contributed by atoms with E-state index in [1.807, 2.05) is 43.1 Å². The van der Waals surface area contributed by atoms with Crippen LogP contribution >= 0.6 is 0 Å². The molecule has 0 bridgehead atoms. The van der Waals surface area contributed by atoms with Gasteiger partial charge in [-0.2, -0.15) is 0 Å². The standard InChI is InChI=1S/C20H27N3O3S/c1-4-26-18-12-10-17(11-13-18)16-23(3)20(21-2)22-14-15-27(24,25)19-8-6-5-7-9-19/h5-13H,4,14-16H2,1-3H3,(H,21,22). The number of sulfone groups is 1. The van der Waals surface area contributed by atoms with Crippen LogP contribution in [0.4, 0.5) is 0 Å². The summed E-state index contributed by atoms with van der Waals surface area (Å²) in [5.74, 6) is 1.50. The number of nitrogens with zero attached hydrogens (tertiary/aromatic N) is 2. The summed E-state index contributed by atoms with van der Waals surface area (Å²) < 4.78 is 30.1. The molecule has 2 rings (SSSR count). The van der Waals surface area contributed by atoms with Crippen LogP contribution in [-0.4, -0.2) is 52.3 Å². The van der Waals surface area contributed by atoms with Crippen molar-refractivity contribution in [2.24, 2.45) is 4.99 Å². The Morgan fingerprint density at radius 1 is 1.11 bits per heavy atom. The molecule has 0 unspecified atom stereocenters. The van der Waals surface area contributed by atoms with E-state index in [2.05, 4.69) is 10.3 Å². The molecule has 146 valence electrons. The molecule has 27 heavy (non-hydrogen) atoms. The van der Waals surface area contributed by atoms with E-state index in [4.69, 9.17) is 4.74 Å². The fourth-order valence-corrected chi connectivity index (χ4v) is 3.81. The molecule has 0 aliphatic heterocycles. The third-order valence-electron chi connectivity index (χ3n) is 3.98. The molecule has 0 aliphatic rings. The largest absolute Gasteiger partial charge is 0.494 e. The highest BCUT2D eigenvalue weighted by Gasteiger charge is 2.14. The van der Waals surface area contributed by atoms with Crippen LogP contribution in [-0.2, 0) is 16.4 Å². The number of hydrogen-bond donors (Lipinski definition) is 1. The molecule has 0 saturated carbocycles. The van der Waals surface area contributed by atoms with E-state index in [9.17, 15) is 8.42 Å². The molecule has 0 aromatic heterocycles. The predicted molar refractivity (Wildman–Crippen MR) is 109 cm³/mol. The molecular weight excluding hydrogens is 362 g/mol. The Labute approximate surface area is 161 Å². The number of hydrogen-bond acceptors (Lipinski definition) is 4. The molecule has 0 heterocycles. The van der Waals surface area contributed by atoms with Gasteiger partial charge in [0.1, 0.15) is 5.75 Å². The minimum Gasteiger partial charge on any atom is -0.494 e. The van der Waals surface area contributed by atoms with Crippen LogP contribution < -0.4 is 10.1 Å². The number of aliphatic imine (C=N–C) groups is 1. The Balaban J connectivity index is 1.89. The second-order valence-electron chi connectivity index (χ2n) is 6.04. The second-order valence-corrected chi connectivity index (χ2v) is 8.15. The van der Waals surface area contributed by atoms with Crippen molar-refractivity contribution >= 4 is 15.8 Å². The van der Waals surface area contributed by atoms with Crippen molar-refractivity contribution in [1.82, 2.24) is 10.2 Å². The molecule has 0 atom stereocenters. The highest BCUT2D eigenvalue weighted by molar-refractivity contribution is 7.91. The van der Waals surface area contributed by atoms with Crippen molar-refractivity contribution in [3.8, 4) is 5.75 Å².